The van der Waals surface area contributed by atoms with Crippen molar-refractivity contribution in [1.29, 1.82) is 0 Å². The van der Waals surface area contributed by atoms with Crippen molar-refractivity contribution in [2.45, 2.75) is 64.7 Å². The highest BCUT2D eigenvalue weighted by Gasteiger charge is 2.50. The van der Waals surface area contributed by atoms with Crippen LogP contribution in [0.1, 0.15) is 47.5 Å². The van der Waals surface area contributed by atoms with Crippen molar-refractivity contribution in [2.24, 2.45) is 5.92 Å². The van der Waals surface area contributed by atoms with E-state index in [0.29, 0.717) is 13.0 Å². The fourth-order valence-electron chi connectivity index (χ4n) is 3.01. The van der Waals surface area contributed by atoms with Crippen LogP contribution in [0.3, 0.4) is 0 Å². The lowest BCUT2D eigenvalue weighted by molar-refractivity contribution is -0.142. The predicted octanol–water partition coefficient (Wildman–Crippen LogP) is 2.92. The molecular formula is C15H26FNO4. The summed E-state index contributed by atoms with van der Waals surface area (Å²) < 4.78 is 23.9. The van der Waals surface area contributed by atoms with Crippen LogP contribution in [0.5, 0.6) is 0 Å². The first-order valence-electron chi connectivity index (χ1n) is 7.25. The van der Waals surface area contributed by atoms with E-state index in [2.05, 4.69) is 0 Å². The third kappa shape index (κ3) is 3.93. The van der Waals surface area contributed by atoms with Crippen molar-refractivity contribution in [3.8, 4) is 0 Å². The van der Waals surface area contributed by atoms with E-state index in [0.717, 1.165) is 6.42 Å². The number of hydrogen-bond donors (Lipinski definition) is 0. The van der Waals surface area contributed by atoms with E-state index in [4.69, 9.17) is 9.47 Å². The Morgan fingerprint density at radius 1 is 1.33 bits per heavy atom. The second-order valence-electron chi connectivity index (χ2n) is 6.84. The standard InChI is InChI=1S/C15H26FNO4/c1-10(12(16)18)11(20-6)15(5)8-7-9-17(15)13(19)21-14(2,3)4/h10-11H,7-9H2,1-6H3. The van der Waals surface area contributed by atoms with E-state index in [1.165, 1.54) is 14.0 Å². The number of nitrogens with zero attached hydrogens (tertiary/aromatic N) is 1. The third-order valence-corrected chi connectivity index (χ3v) is 3.97. The Balaban J connectivity index is 3.00. The zero-order valence-electron chi connectivity index (χ0n) is 13.7. The van der Waals surface area contributed by atoms with Crippen LogP contribution in [0, 0.1) is 5.92 Å². The molecule has 122 valence electrons. The maximum Gasteiger partial charge on any atom is 0.410 e. The predicted molar refractivity (Wildman–Crippen MR) is 76.7 cm³/mol. The summed E-state index contributed by atoms with van der Waals surface area (Å²) in [4.78, 5) is 25.0. The molecule has 0 aromatic rings. The van der Waals surface area contributed by atoms with Gasteiger partial charge in [-0.15, -0.1) is 0 Å². The minimum absolute atomic E-state index is 0.456. The van der Waals surface area contributed by atoms with Crippen LogP contribution in [-0.4, -0.2) is 47.9 Å². The van der Waals surface area contributed by atoms with Crippen molar-refractivity contribution in [3.63, 3.8) is 0 Å². The quantitative estimate of drug-likeness (QED) is 0.749. The molecule has 0 bridgehead atoms. The number of hydrogen-bond acceptors (Lipinski definition) is 4. The maximum atomic E-state index is 13.1. The molecule has 1 saturated heterocycles. The fraction of sp³-hybridized carbons (Fsp3) is 0.867. The smallest absolute Gasteiger partial charge is 0.410 e. The molecule has 0 aromatic heterocycles. The molecule has 1 amide bonds. The summed E-state index contributed by atoms with van der Waals surface area (Å²) in [6.45, 7) is 9.18. The normalized spacial score (nSPS) is 25.6. The van der Waals surface area contributed by atoms with Gasteiger partial charge in [0, 0.05) is 13.7 Å². The van der Waals surface area contributed by atoms with E-state index in [9.17, 15) is 14.0 Å². The zero-order chi connectivity index (χ0) is 16.4. The lowest BCUT2D eigenvalue weighted by Gasteiger charge is -2.42. The first-order chi connectivity index (χ1) is 9.53. The summed E-state index contributed by atoms with van der Waals surface area (Å²) in [5.41, 5.74) is -1.36. The van der Waals surface area contributed by atoms with Crippen LogP contribution in [0.15, 0.2) is 0 Å². The Morgan fingerprint density at radius 2 is 1.90 bits per heavy atom. The number of ether oxygens (including phenoxy) is 2. The van der Waals surface area contributed by atoms with Crippen molar-refractivity contribution >= 4 is 12.1 Å². The van der Waals surface area contributed by atoms with Crippen LogP contribution in [0.2, 0.25) is 0 Å². The molecule has 0 saturated carbocycles. The fourth-order valence-corrected chi connectivity index (χ4v) is 3.01. The third-order valence-electron chi connectivity index (χ3n) is 3.97. The van der Waals surface area contributed by atoms with Crippen molar-refractivity contribution in [2.75, 3.05) is 13.7 Å². The lowest BCUT2D eigenvalue weighted by Crippen LogP contribution is -2.57. The van der Waals surface area contributed by atoms with E-state index in [-0.39, 0.29) is 0 Å². The summed E-state index contributed by atoms with van der Waals surface area (Å²) in [5, 5.41) is 0. The monoisotopic (exact) mass is 303 g/mol. The Labute approximate surface area is 125 Å². The summed E-state index contributed by atoms with van der Waals surface area (Å²) >= 11 is 0. The van der Waals surface area contributed by atoms with Crippen molar-refractivity contribution < 1.29 is 23.5 Å². The minimum Gasteiger partial charge on any atom is -0.444 e. The highest BCUT2D eigenvalue weighted by Crippen LogP contribution is 2.37. The number of amides is 1. The van der Waals surface area contributed by atoms with Gasteiger partial charge in [0.15, 0.2) is 0 Å². The lowest BCUT2D eigenvalue weighted by atomic mass is 9.84. The average molecular weight is 303 g/mol. The van der Waals surface area contributed by atoms with Crippen LogP contribution in [0.4, 0.5) is 9.18 Å². The van der Waals surface area contributed by atoms with Gasteiger partial charge in [-0.05, 0) is 40.5 Å². The van der Waals surface area contributed by atoms with E-state index >= 15 is 0 Å². The molecule has 1 fully saturated rings. The molecule has 1 rings (SSSR count). The number of carbonyl (C=O) groups is 2. The Morgan fingerprint density at radius 3 is 2.33 bits per heavy atom. The molecule has 21 heavy (non-hydrogen) atoms. The molecule has 3 atom stereocenters. The molecule has 6 heteroatoms. The Kier molecular flexibility index (Phi) is 5.36. The van der Waals surface area contributed by atoms with Gasteiger partial charge in [0.1, 0.15) is 5.60 Å². The number of methoxy groups -OCH3 is 1. The summed E-state index contributed by atoms with van der Waals surface area (Å²) in [6, 6.07) is -1.43. The van der Waals surface area contributed by atoms with Gasteiger partial charge in [0.05, 0.1) is 17.6 Å². The van der Waals surface area contributed by atoms with Gasteiger partial charge >= 0.3 is 12.1 Å². The van der Waals surface area contributed by atoms with Crippen molar-refractivity contribution in [1.82, 2.24) is 4.90 Å². The average Bonchev–Trinajstić information content (AvgIpc) is 2.70. The number of rotatable bonds is 4. The molecule has 0 N–H and O–H groups in total. The molecule has 3 unspecified atom stereocenters. The molecular weight excluding hydrogens is 277 g/mol. The number of halogens is 1. The molecule has 0 aliphatic carbocycles. The number of likely N-dealkylation sites (tertiary alicyclic amines) is 1. The molecule has 0 spiro atoms. The second-order valence-corrected chi connectivity index (χ2v) is 6.84. The van der Waals surface area contributed by atoms with Crippen LogP contribution >= 0.6 is 0 Å². The number of carbonyl (C=O) groups excluding carboxylic acids is 2. The van der Waals surface area contributed by atoms with Gasteiger partial charge in [-0.1, -0.05) is 6.92 Å². The molecule has 1 aliphatic heterocycles. The maximum absolute atomic E-state index is 13.1. The Bertz CT molecular complexity index is 407. The van der Waals surface area contributed by atoms with Gasteiger partial charge in [-0.25, -0.2) is 4.79 Å². The highest BCUT2D eigenvalue weighted by molar-refractivity contribution is 5.73. The topological polar surface area (TPSA) is 55.8 Å². The van der Waals surface area contributed by atoms with Gasteiger partial charge < -0.3 is 14.4 Å². The summed E-state index contributed by atoms with van der Waals surface area (Å²) in [5.74, 6) is -0.928. The zero-order valence-corrected chi connectivity index (χ0v) is 13.7. The van der Waals surface area contributed by atoms with Gasteiger partial charge in [0.25, 0.3) is 0 Å². The van der Waals surface area contributed by atoms with E-state index in [1.807, 2.05) is 6.92 Å². The van der Waals surface area contributed by atoms with Gasteiger partial charge in [-0.2, -0.15) is 4.39 Å². The Hall–Kier alpha value is -1.17. The molecule has 0 aromatic carbocycles. The molecule has 1 heterocycles. The van der Waals surface area contributed by atoms with Crippen LogP contribution < -0.4 is 0 Å². The van der Waals surface area contributed by atoms with Crippen molar-refractivity contribution in [3.05, 3.63) is 0 Å². The second kappa shape index (κ2) is 6.30. The van der Waals surface area contributed by atoms with Crippen LogP contribution in [-0.2, 0) is 14.3 Å². The van der Waals surface area contributed by atoms with Gasteiger partial charge in [-0.3, -0.25) is 4.79 Å². The molecule has 5 nitrogen and oxygen atoms in total. The van der Waals surface area contributed by atoms with E-state index in [1.54, 1.807) is 25.7 Å². The molecule has 0 radical (unpaired) electrons. The van der Waals surface area contributed by atoms with Crippen LogP contribution in [0.25, 0.3) is 0 Å². The molecule has 1 aliphatic rings. The summed E-state index contributed by atoms with van der Waals surface area (Å²) in [6.07, 6.45) is 0.249. The first kappa shape index (κ1) is 17.9. The SMILES string of the molecule is COC(C(C)C(=O)F)C1(C)CCCN1C(=O)OC(C)(C)C. The van der Waals surface area contributed by atoms with E-state index < -0.39 is 35.3 Å². The highest BCUT2D eigenvalue weighted by atomic mass is 19.1. The largest absolute Gasteiger partial charge is 0.444 e. The minimum atomic E-state index is -1.43. The first-order valence-corrected chi connectivity index (χ1v) is 7.25. The summed E-state index contributed by atoms with van der Waals surface area (Å²) in [7, 11) is 1.43. The van der Waals surface area contributed by atoms with Gasteiger partial charge in [0.2, 0.25) is 0 Å².